The first-order chi connectivity index (χ1) is 10.7. The second-order valence-electron chi connectivity index (χ2n) is 7.99. The molecule has 0 N–H and O–H groups in total. The van der Waals surface area contributed by atoms with Crippen molar-refractivity contribution in [3.8, 4) is 11.3 Å². The van der Waals surface area contributed by atoms with E-state index in [0.717, 1.165) is 5.92 Å². The van der Waals surface area contributed by atoms with Crippen LogP contribution in [0.4, 0.5) is 0 Å². The third kappa shape index (κ3) is 4.26. The molecule has 0 aliphatic carbocycles. The zero-order valence-electron chi connectivity index (χ0n) is 15.9. The molecular weight excluding hydrogens is 339 g/mol. The SMILES string of the molecule is CCC(C)Cc1c[n+](C)c(-c2ccccc2C)c[c]1[Ge]([CH3])([CH3])[CH3]. The molecule has 2 aromatic rings. The molecule has 1 aromatic carbocycles. The predicted octanol–water partition coefficient (Wildman–Crippen LogP) is 4.62. The van der Waals surface area contributed by atoms with Crippen molar-refractivity contribution in [3.05, 3.63) is 47.7 Å². The Bertz CT molecular complexity index is 683. The number of nitrogens with zero attached hydrogens (tertiary/aromatic N) is 1. The monoisotopic (exact) mass is 372 g/mol. The van der Waals surface area contributed by atoms with E-state index in [2.05, 4.69) is 86.2 Å². The van der Waals surface area contributed by atoms with Gasteiger partial charge in [0.25, 0.3) is 0 Å². The summed E-state index contributed by atoms with van der Waals surface area (Å²) in [5.74, 6) is 8.29. The molecule has 0 spiro atoms. The van der Waals surface area contributed by atoms with Crippen LogP contribution in [0, 0.1) is 12.8 Å². The first-order valence-corrected chi connectivity index (χ1v) is 16.2. The molecule has 0 aliphatic rings. The van der Waals surface area contributed by atoms with Gasteiger partial charge in [-0.2, -0.15) is 0 Å². The Hall–Kier alpha value is -1.09. The van der Waals surface area contributed by atoms with Crippen LogP contribution in [0.2, 0.25) is 17.3 Å². The molecule has 0 aliphatic heterocycles. The minimum absolute atomic E-state index is 0.753. The van der Waals surface area contributed by atoms with Crippen LogP contribution in [0.25, 0.3) is 11.3 Å². The maximum absolute atomic E-state index is 2.51. The first-order valence-electron chi connectivity index (χ1n) is 8.83. The van der Waals surface area contributed by atoms with Crippen LogP contribution in [0.3, 0.4) is 0 Å². The van der Waals surface area contributed by atoms with Crippen molar-refractivity contribution in [1.82, 2.24) is 0 Å². The molecular formula is C21H32GeN+. The Balaban J connectivity index is 2.62. The molecule has 0 fully saturated rings. The minimum atomic E-state index is -1.91. The molecule has 1 aromatic heterocycles. The van der Waals surface area contributed by atoms with Crippen molar-refractivity contribution in [3.63, 3.8) is 0 Å². The van der Waals surface area contributed by atoms with Crippen molar-refractivity contribution < 1.29 is 4.57 Å². The van der Waals surface area contributed by atoms with E-state index in [1.807, 2.05) is 0 Å². The van der Waals surface area contributed by atoms with Crippen LogP contribution < -0.4 is 8.96 Å². The summed E-state index contributed by atoms with van der Waals surface area (Å²) >= 11 is -1.91. The third-order valence-electron chi connectivity index (χ3n) is 4.85. The molecule has 0 saturated heterocycles. The van der Waals surface area contributed by atoms with Crippen molar-refractivity contribution in [2.24, 2.45) is 13.0 Å². The fourth-order valence-electron chi connectivity index (χ4n) is 3.21. The number of benzene rings is 1. The Morgan fingerprint density at radius 1 is 1.13 bits per heavy atom. The van der Waals surface area contributed by atoms with E-state index >= 15 is 0 Å². The Morgan fingerprint density at radius 3 is 2.35 bits per heavy atom. The van der Waals surface area contributed by atoms with Crippen LogP contribution in [-0.2, 0) is 13.5 Å². The Kier molecular flexibility index (Phi) is 5.72. The van der Waals surface area contributed by atoms with Gasteiger partial charge in [0.1, 0.15) is 0 Å². The van der Waals surface area contributed by atoms with Crippen LogP contribution in [0.15, 0.2) is 36.5 Å². The van der Waals surface area contributed by atoms with Crippen molar-refractivity contribution in [1.29, 1.82) is 0 Å². The molecule has 2 heteroatoms. The molecule has 23 heavy (non-hydrogen) atoms. The van der Waals surface area contributed by atoms with Crippen molar-refractivity contribution in [2.45, 2.75) is 50.9 Å². The Morgan fingerprint density at radius 2 is 1.78 bits per heavy atom. The molecule has 2 rings (SSSR count). The van der Waals surface area contributed by atoms with E-state index in [1.165, 1.54) is 29.7 Å². The van der Waals surface area contributed by atoms with Gasteiger partial charge in [0.2, 0.25) is 0 Å². The maximum atomic E-state index is 2.51. The molecule has 0 saturated carbocycles. The van der Waals surface area contributed by atoms with Gasteiger partial charge in [-0.05, 0) is 0 Å². The van der Waals surface area contributed by atoms with E-state index in [4.69, 9.17) is 0 Å². The van der Waals surface area contributed by atoms with E-state index in [-0.39, 0.29) is 0 Å². The number of hydrogen-bond donors (Lipinski definition) is 0. The van der Waals surface area contributed by atoms with Gasteiger partial charge in [0.05, 0.1) is 0 Å². The summed E-state index contributed by atoms with van der Waals surface area (Å²) in [6.07, 6.45) is 4.86. The summed E-state index contributed by atoms with van der Waals surface area (Å²) in [7, 11) is 2.20. The van der Waals surface area contributed by atoms with Gasteiger partial charge in [-0.1, -0.05) is 0 Å². The van der Waals surface area contributed by atoms with Crippen LogP contribution in [0.1, 0.15) is 31.4 Å². The van der Waals surface area contributed by atoms with Gasteiger partial charge < -0.3 is 0 Å². The summed E-state index contributed by atoms with van der Waals surface area (Å²) in [6.45, 7) is 6.87. The fraction of sp³-hybridized carbons (Fsp3) is 0.476. The zero-order chi connectivity index (χ0) is 17.2. The van der Waals surface area contributed by atoms with Crippen LogP contribution in [-0.4, -0.2) is 13.3 Å². The average Bonchev–Trinajstić information content (AvgIpc) is 2.47. The van der Waals surface area contributed by atoms with Crippen LogP contribution in [0.5, 0.6) is 0 Å². The van der Waals surface area contributed by atoms with Gasteiger partial charge >= 0.3 is 145 Å². The van der Waals surface area contributed by atoms with Crippen LogP contribution >= 0.6 is 0 Å². The molecule has 0 bridgehead atoms. The summed E-state index contributed by atoms with van der Waals surface area (Å²) in [4.78, 5) is 0. The summed E-state index contributed by atoms with van der Waals surface area (Å²) in [5, 5.41) is 0. The molecule has 0 amide bonds. The molecule has 1 atom stereocenters. The van der Waals surface area contributed by atoms with E-state index < -0.39 is 13.3 Å². The quantitative estimate of drug-likeness (QED) is 0.534. The standard InChI is InChI=1S/C21H32GeN/c1-8-16(2)13-18-15-23(7)21(14-20(18)22(4,5)6)19-12-10-9-11-17(19)3/h9-12,14-16H,8,13H2,1-7H3/q+1. The van der Waals surface area contributed by atoms with Gasteiger partial charge in [-0.3, -0.25) is 0 Å². The summed E-state index contributed by atoms with van der Waals surface area (Å²) < 4.78 is 4.00. The fourth-order valence-corrected chi connectivity index (χ4v) is 6.78. The van der Waals surface area contributed by atoms with E-state index in [9.17, 15) is 0 Å². The van der Waals surface area contributed by atoms with Gasteiger partial charge in [-0.25, -0.2) is 0 Å². The van der Waals surface area contributed by atoms with E-state index in [1.54, 1.807) is 9.96 Å². The normalized spacial score (nSPS) is 13.2. The van der Waals surface area contributed by atoms with Gasteiger partial charge in [0, 0.05) is 0 Å². The van der Waals surface area contributed by atoms with Crippen molar-refractivity contribution in [2.75, 3.05) is 0 Å². The summed E-state index contributed by atoms with van der Waals surface area (Å²) in [6, 6.07) is 11.2. The zero-order valence-corrected chi connectivity index (χ0v) is 18.0. The Labute approximate surface area is 145 Å². The van der Waals surface area contributed by atoms with Gasteiger partial charge in [-0.15, -0.1) is 0 Å². The second-order valence-corrected chi connectivity index (χ2v) is 18.6. The van der Waals surface area contributed by atoms with Crippen molar-refractivity contribution >= 4 is 17.7 Å². The number of aryl methyl sites for hydroxylation is 2. The molecule has 1 heterocycles. The molecule has 124 valence electrons. The average molecular weight is 371 g/mol. The second kappa shape index (κ2) is 7.21. The number of aromatic nitrogens is 1. The summed E-state index contributed by atoms with van der Waals surface area (Å²) in [5.41, 5.74) is 5.64. The molecule has 1 nitrogen and oxygen atoms in total. The number of pyridine rings is 1. The topological polar surface area (TPSA) is 3.88 Å². The number of hydrogen-bond acceptors (Lipinski definition) is 0. The molecule has 1 unspecified atom stereocenters. The first kappa shape index (κ1) is 18.3. The van der Waals surface area contributed by atoms with Gasteiger partial charge in [0.15, 0.2) is 0 Å². The van der Waals surface area contributed by atoms with E-state index in [0.29, 0.717) is 0 Å². The predicted molar refractivity (Wildman–Crippen MR) is 104 cm³/mol. The molecule has 0 radical (unpaired) electrons. The number of rotatable bonds is 5. The third-order valence-corrected chi connectivity index (χ3v) is 9.22.